The Labute approximate surface area is 161 Å². The van der Waals surface area contributed by atoms with Crippen LogP contribution in [0.4, 0.5) is 0 Å². The summed E-state index contributed by atoms with van der Waals surface area (Å²) in [5, 5.41) is 10.4. The number of nitrogens with zero attached hydrogens (tertiary/aromatic N) is 5. The normalized spacial score (nSPS) is 24.6. The number of ether oxygens (including phenoxy) is 1. The number of tetrazole rings is 1. The molecule has 1 aromatic rings. The highest BCUT2D eigenvalue weighted by atomic mass is 32.2. The molecule has 0 aromatic carbocycles. The largest absolute Gasteiger partial charge is 0.368 e. The summed E-state index contributed by atoms with van der Waals surface area (Å²) in [6.45, 7) is 5.20. The van der Waals surface area contributed by atoms with E-state index in [0.717, 1.165) is 4.90 Å². The number of Topliss-reactive ketones (excluding diaryl/α,β-unsaturated/α-hetero) is 1. The Morgan fingerprint density at radius 3 is 2.56 bits per heavy atom. The zero-order valence-electron chi connectivity index (χ0n) is 15.7. The van der Waals surface area contributed by atoms with Crippen molar-refractivity contribution in [1.29, 1.82) is 0 Å². The lowest BCUT2D eigenvalue weighted by atomic mass is 9.86. The fraction of sp³-hybridized carbons (Fsp3) is 0.667. The van der Waals surface area contributed by atoms with Crippen molar-refractivity contribution in [3.8, 4) is 0 Å². The van der Waals surface area contributed by atoms with Crippen LogP contribution < -0.4 is 0 Å². The number of carbonyl (C=O) groups excluding carboxylic acids is 2. The molecule has 2 atom stereocenters. The van der Waals surface area contributed by atoms with Gasteiger partial charge in [0.1, 0.15) is 0 Å². The first-order valence-electron chi connectivity index (χ1n) is 8.18. The number of β-lactam (4-membered cyclic amide) rings is 1. The molecule has 0 saturated carbocycles. The summed E-state index contributed by atoms with van der Waals surface area (Å²) in [5.74, 6) is -0.923. The number of fused-ring (bicyclic) bond motifs is 1. The van der Waals surface area contributed by atoms with E-state index >= 15 is 0 Å². The predicted molar refractivity (Wildman–Crippen MR) is 96.2 cm³/mol. The lowest BCUT2D eigenvalue weighted by molar-refractivity contribution is -0.161. The van der Waals surface area contributed by atoms with Crippen LogP contribution in [-0.4, -0.2) is 75.3 Å². The predicted octanol–water partition coefficient (Wildman–Crippen LogP) is -0.217. The molecule has 1 saturated heterocycles. The molecule has 0 unspecified atom stereocenters. The van der Waals surface area contributed by atoms with Crippen LogP contribution in [-0.2, 0) is 31.2 Å². The van der Waals surface area contributed by atoms with E-state index in [9.17, 15) is 18.0 Å². The third-order valence-corrected chi connectivity index (χ3v) is 7.46. The lowest BCUT2D eigenvalue weighted by Gasteiger charge is -2.49. The number of methoxy groups -OCH3 is 1. The summed E-state index contributed by atoms with van der Waals surface area (Å²) < 4.78 is 32.0. The molecule has 1 aromatic heterocycles. The van der Waals surface area contributed by atoms with Gasteiger partial charge in [0.25, 0.3) is 5.91 Å². The number of aromatic nitrogens is 4. The quantitative estimate of drug-likeness (QED) is 0.474. The van der Waals surface area contributed by atoms with Crippen LogP contribution in [0.1, 0.15) is 20.8 Å². The van der Waals surface area contributed by atoms with E-state index in [1.807, 2.05) is 0 Å². The van der Waals surface area contributed by atoms with Crippen LogP contribution in [0.2, 0.25) is 0 Å². The van der Waals surface area contributed by atoms with Gasteiger partial charge < -0.3 is 4.74 Å². The van der Waals surface area contributed by atoms with Gasteiger partial charge in [0, 0.05) is 25.3 Å². The van der Waals surface area contributed by atoms with E-state index in [2.05, 4.69) is 15.5 Å². The average molecular weight is 415 g/mol. The molecular weight excluding hydrogens is 394 g/mol. The zero-order valence-corrected chi connectivity index (χ0v) is 17.3. The van der Waals surface area contributed by atoms with Gasteiger partial charge >= 0.3 is 0 Å². The van der Waals surface area contributed by atoms with Crippen molar-refractivity contribution in [1.82, 2.24) is 25.1 Å². The smallest absolute Gasteiger partial charge is 0.260 e. The minimum Gasteiger partial charge on any atom is -0.368 e. The Kier molecular flexibility index (Phi) is 4.93. The fourth-order valence-corrected chi connectivity index (χ4v) is 6.06. The number of rotatable bonds is 5. The molecule has 0 bridgehead atoms. The summed E-state index contributed by atoms with van der Waals surface area (Å²) in [5.41, 5.74) is -0.243. The van der Waals surface area contributed by atoms with E-state index in [0.29, 0.717) is 10.7 Å². The Bertz CT molecular complexity index is 931. The second kappa shape index (κ2) is 6.67. The van der Waals surface area contributed by atoms with Gasteiger partial charge in [-0.1, -0.05) is 32.5 Å². The van der Waals surface area contributed by atoms with Crippen LogP contribution in [0.15, 0.2) is 16.4 Å². The van der Waals surface area contributed by atoms with Gasteiger partial charge in [-0.2, -0.15) is 0 Å². The molecule has 12 heteroatoms. The molecule has 3 heterocycles. The number of sulfone groups is 1. The first-order chi connectivity index (χ1) is 12.5. The molecule has 0 spiro atoms. The number of carbonyl (C=O) groups is 2. The summed E-state index contributed by atoms with van der Waals surface area (Å²) in [7, 11) is -0.733. The summed E-state index contributed by atoms with van der Waals surface area (Å²) in [6, 6.07) is 0. The first-order valence-corrected chi connectivity index (χ1v) is 10.9. The number of thioether (sulfide) groups is 1. The van der Waals surface area contributed by atoms with E-state index in [1.54, 1.807) is 27.8 Å². The van der Waals surface area contributed by atoms with Gasteiger partial charge in [0.2, 0.25) is 5.16 Å². The molecule has 2 aliphatic heterocycles. The van der Waals surface area contributed by atoms with Crippen molar-refractivity contribution < 1.29 is 22.7 Å². The lowest BCUT2D eigenvalue weighted by Crippen LogP contribution is -2.71. The molecule has 0 radical (unpaired) electrons. The monoisotopic (exact) mass is 415 g/mol. The van der Waals surface area contributed by atoms with Crippen molar-refractivity contribution in [2.75, 3.05) is 18.6 Å². The van der Waals surface area contributed by atoms with Crippen molar-refractivity contribution in [3.63, 3.8) is 0 Å². The average Bonchev–Trinajstić information content (AvgIpc) is 2.96. The maximum Gasteiger partial charge on any atom is 0.260 e. The van der Waals surface area contributed by atoms with Crippen molar-refractivity contribution in [2.24, 2.45) is 12.5 Å². The Morgan fingerprint density at radius 1 is 1.37 bits per heavy atom. The number of allylic oxidation sites excluding steroid dienone is 1. The van der Waals surface area contributed by atoms with Crippen LogP contribution in [0.3, 0.4) is 0 Å². The number of hydrogen-bond acceptors (Lipinski definition) is 9. The SMILES string of the molecule is CO[C@H]1C(=O)N2C(C(=O)C(C)(C)C)=C(CSc3nnnn3C)CS(=O)(=O)[C@@H]12. The highest BCUT2D eigenvalue weighted by Crippen LogP contribution is 2.41. The second-order valence-corrected chi connectivity index (χ2v) is 10.5. The van der Waals surface area contributed by atoms with E-state index in [-0.39, 0.29) is 23.0 Å². The Hall–Kier alpha value is -1.79. The molecule has 0 aliphatic carbocycles. The summed E-state index contributed by atoms with van der Waals surface area (Å²) in [4.78, 5) is 26.6. The highest BCUT2D eigenvalue weighted by molar-refractivity contribution is 7.99. The van der Waals surface area contributed by atoms with Gasteiger partial charge in [-0.05, 0) is 16.0 Å². The molecule has 10 nitrogen and oxygen atoms in total. The Morgan fingerprint density at radius 2 is 2.04 bits per heavy atom. The number of ketones is 1. The minimum absolute atomic E-state index is 0.156. The standard InChI is InChI=1S/C15H21N5O5S2/c1-15(2,3)11(21)9-8(6-26-14-16-17-18-19(14)4)7-27(23,24)13-10(25-5)12(22)20(9)13/h10,13H,6-7H2,1-5H3/t10-,13-/m0/s1. The molecule has 0 N–H and O–H groups in total. The van der Waals surface area contributed by atoms with Gasteiger partial charge in [-0.25, -0.2) is 13.1 Å². The Balaban J connectivity index is 2.05. The van der Waals surface area contributed by atoms with Crippen LogP contribution in [0, 0.1) is 5.41 Å². The van der Waals surface area contributed by atoms with Crippen LogP contribution in [0.25, 0.3) is 0 Å². The third-order valence-electron chi connectivity index (χ3n) is 4.42. The summed E-state index contributed by atoms with van der Waals surface area (Å²) >= 11 is 1.21. The van der Waals surface area contributed by atoms with Crippen LogP contribution >= 0.6 is 11.8 Å². The van der Waals surface area contributed by atoms with E-state index in [1.165, 1.54) is 23.6 Å². The van der Waals surface area contributed by atoms with Gasteiger partial charge in [-0.3, -0.25) is 14.5 Å². The summed E-state index contributed by atoms with van der Waals surface area (Å²) in [6.07, 6.45) is -1.07. The molecule has 3 rings (SSSR count). The van der Waals surface area contributed by atoms with Gasteiger partial charge in [0.05, 0.1) is 11.4 Å². The molecule has 1 amide bonds. The molecule has 27 heavy (non-hydrogen) atoms. The first kappa shape index (κ1) is 20.0. The van der Waals surface area contributed by atoms with Crippen LogP contribution in [0.5, 0.6) is 0 Å². The van der Waals surface area contributed by atoms with Crippen molar-refractivity contribution >= 4 is 33.3 Å². The molecular formula is C15H21N5O5S2. The van der Waals surface area contributed by atoms with Gasteiger partial charge in [-0.15, -0.1) is 5.10 Å². The van der Waals surface area contributed by atoms with Crippen molar-refractivity contribution in [3.05, 3.63) is 11.3 Å². The number of aryl methyl sites for hydroxylation is 1. The molecule has 2 aliphatic rings. The molecule has 148 valence electrons. The second-order valence-electron chi connectivity index (χ2n) is 7.47. The maximum atomic E-state index is 13.1. The van der Waals surface area contributed by atoms with E-state index < -0.39 is 32.6 Å². The zero-order chi connectivity index (χ0) is 20.1. The fourth-order valence-electron chi connectivity index (χ4n) is 3.04. The maximum absolute atomic E-state index is 13.1. The minimum atomic E-state index is -3.68. The number of amides is 1. The van der Waals surface area contributed by atoms with Gasteiger partial charge in [0.15, 0.2) is 27.1 Å². The molecule has 1 fully saturated rings. The highest BCUT2D eigenvalue weighted by Gasteiger charge is 2.60. The number of hydrogen-bond donors (Lipinski definition) is 0. The topological polar surface area (TPSA) is 124 Å². The third kappa shape index (κ3) is 3.29. The van der Waals surface area contributed by atoms with Crippen molar-refractivity contribution in [2.45, 2.75) is 37.4 Å². The van der Waals surface area contributed by atoms with E-state index in [4.69, 9.17) is 4.74 Å².